The molecule has 0 spiro atoms. The quantitative estimate of drug-likeness (QED) is 0.824. The molecule has 7 heteroatoms. The van der Waals surface area contributed by atoms with Crippen LogP contribution in [0.15, 0.2) is 21.0 Å². The number of nitrogens with one attached hydrogen (secondary N) is 1. The molecule has 2 rings (SSSR count). The Balaban J connectivity index is 2.35. The highest BCUT2D eigenvalue weighted by Crippen LogP contribution is 2.14. The number of rotatable bonds is 5. The van der Waals surface area contributed by atoms with Crippen LogP contribution in [0.1, 0.15) is 19.8 Å². The van der Waals surface area contributed by atoms with Crippen LogP contribution in [0.2, 0.25) is 0 Å². The predicted octanol–water partition coefficient (Wildman–Crippen LogP) is 0.678. The number of hydrogen-bond acceptors (Lipinski definition) is 4. The van der Waals surface area contributed by atoms with Crippen LogP contribution in [0.3, 0.4) is 0 Å². The number of amides is 1. The number of carbonyl (C=O) groups is 1. The average Bonchev–Trinajstić information content (AvgIpc) is 2.91. The molecule has 1 amide bonds. The van der Waals surface area contributed by atoms with Crippen LogP contribution in [-0.4, -0.2) is 21.6 Å². The standard InChI is InChI=1S/C13H17N3O3S/c1-3-4-6-14-10(17)8-16-9-5-7-20-11(9)12(18)15(2)13(16)19/h5,7H,3-4,6,8H2,1-2H3,(H,14,17). The first-order valence-electron chi connectivity index (χ1n) is 6.50. The summed E-state index contributed by atoms with van der Waals surface area (Å²) in [5.74, 6) is -0.216. The second-order valence-corrected chi connectivity index (χ2v) is 5.49. The van der Waals surface area contributed by atoms with Gasteiger partial charge in [-0.2, -0.15) is 0 Å². The molecule has 0 aromatic carbocycles. The van der Waals surface area contributed by atoms with Gasteiger partial charge in [0, 0.05) is 13.6 Å². The summed E-state index contributed by atoms with van der Waals surface area (Å²) in [5, 5.41) is 4.51. The molecular formula is C13H17N3O3S. The third-order valence-corrected chi connectivity index (χ3v) is 4.00. The molecule has 2 aromatic rings. The molecule has 0 radical (unpaired) electrons. The van der Waals surface area contributed by atoms with Gasteiger partial charge in [0.1, 0.15) is 11.2 Å². The second kappa shape index (κ2) is 6.04. The van der Waals surface area contributed by atoms with Gasteiger partial charge in [-0.05, 0) is 17.9 Å². The second-order valence-electron chi connectivity index (χ2n) is 4.57. The minimum atomic E-state index is -0.466. The molecule has 0 saturated carbocycles. The van der Waals surface area contributed by atoms with Gasteiger partial charge in [-0.1, -0.05) is 13.3 Å². The van der Waals surface area contributed by atoms with Crippen molar-refractivity contribution in [1.29, 1.82) is 0 Å². The molecule has 0 atom stereocenters. The Morgan fingerprint density at radius 2 is 2.15 bits per heavy atom. The van der Waals surface area contributed by atoms with E-state index in [2.05, 4.69) is 5.32 Å². The van der Waals surface area contributed by atoms with Crippen LogP contribution in [0, 0.1) is 0 Å². The summed E-state index contributed by atoms with van der Waals surface area (Å²) >= 11 is 1.27. The average molecular weight is 295 g/mol. The molecule has 108 valence electrons. The largest absolute Gasteiger partial charge is 0.355 e. The molecule has 0 unspecified atom stereocenters. The van der Waals surface area contributed by atoms with Gasteiger partial charge in [0.2, 0.25) is 5.91 Å². The maximum atomic E-state index is 12.1. The molecule has 0 fully saturated rings. The summed E-state index contributed by atoms with van der Waals surface area (Å²) in [6, 6.07) is 1.70. The van der Waals surface area contributed by atoms with Gasteiger partial charge in [-0.3, -0.25) is 18.7 Å². The number of thiophene rings is 1. The first-order chi connectivity index (χ1) is 9.56. The van der Waals surface area contributed by atoms with E-state index in [0.717, 1.165) is 17.4 Å². The van der Waals surface area contributed by atoms with Crippen LogP contribution in [0.4, 0.5) is 0 Å². The first-order valence-corrected chi connectivity index (χ1v) is 7.38. The van der Waals surface area contributed by atoms with Crippen molar-refractivity contribution in [3.63, 3.8) is 0 Å². The lowest BCUT2D eigenvalue weighted by Crippen LogP contribution is -2.40. The number of fused-ring (bicyclic) bond motifs is 1. The minimum absolute atomic E-state index is 0.0656. The normalized spacial score (nSPS) is 10.9. The predicted molar refractivity (Wildman–Crippen MR) is 79.2 cm³/mol. The van der Waals surface area contributed by atoms with E-state index in [9.17, 15) is 14.4 Å². The fourth-order valence-corrected chi connectivity index (χ4v) is 2.83. The van der Waals surface area contributed by atoms with Crippen molar-refractivity contribution < 1.29 is 4.79 Å². The zero-order valence-corrected chi connectivity index (χ0v) is 12.3. The van der Waals surface area contributed by atoms with Crippen LogP contribution in [0.5, 0.6) is 0 Å². The Kier molecular flexibility index (Phi) is 4.39. The van der Waals surface area contributed by atoms with Crippen LogP contribution in [0.25, 0.3) is 10.2 Å². The fourth-order valence-electron chi connectivity index (χ4n) is 1.96. The number of aromatic nitrogens is 2. The van der Waals surface area contributed by atoms with Gasteiger partial charge in [0.05, 0.1) is 5.52 Å². The summed E-state index contributed by atoms with van der Waals surface area (Å²) < 4.78 is 2.88. The molecule has 1 N–H and O–H groups in total. The maximum Gasteiger partial charge on any atom is 0.331 e. The van der Waals surface area contributed by atoms with Crippen molar-refractivity contribution in [2.45, 2.75) is 26.3 Å². The van der Waals surface area contributed by atoms with Crippen molar-refractivity contribution in [2.24, 2.45) is 7.05 Å². The van der Waals surface area contributed by atoms with Gasteiger partial charge in [0.15, 0.2) is 0 Å². The van der Waals surface area contributed by atoms with Crippen molar-refractivity contribution in [1.82, 2.24) is 14.5 Å². The Morgan fingerprint density at radius 3 is 2.85 bits per heavy atom. The van der Waals surface area contributed by atoms with Gasteiger partial charge in [-0.25, -0.2) is 4.79 Å². The Labute approximate surface area is 119 Å². The molecule has 0 aliphatic carbocycles. The first kappa shape index (κ1) is 14.5. The Morgan fingerprint density at radius 1 is 1.40 bits per heavy atom. The molecule has 2 heterocycles. The summed E-state index contributed by atoms with van der Waals surface area (Å²) in [6.07, 6.45) is 1.90. The van der Waals surface area contributed by atoms with E-state index in [4.69, 9.17) is 0 Å². The van der Waals surface area contributed by atoms with Gasteiger partial charge in [-0.15, -0.1) is 11.3 Å². The monoisotopic (exact) mass is 295 g/mol. The highest BCUT2D eigenvalue weighted by atomic mass is 32.1. The Hall–Kier alpha value is -1.89. The van der Waals surface area contributed by atoms with E-state index in [0.29, 0.717) is 16.8 Å². The van der Waals surface area contributed by atoms with Crippen LogP contribution >= 0.6 is 11.3 Å². The highest BCUT2D eigenvalue weighted by Gasteiger charge is 2.14. The number of unbranched alkanes of at least 4 members (excludes halogenated alkanes) is 1. The van der Waals surface area contributed by atoms with E-state index < -0.39 is 5.69 Å². The summed E-state index contributed by atoms with van der Waals surface area (Å²) in [6.45, 7) is 2.57. The van der Waals surface area contributed by atoms with Crippen molar-refractivity contribution in [3.8, 4) is 0 Å². The van der Waals surface area contributed by atoms with E-state index in [-0.39, 0.29) is 18.0 Å². The number of nitrogens with zero attached hydrogens (tertiary/aromatic N) is 2. The van der Waals surface area contributed by atoms with E-state index in [1.54, 1.807) is 11.4 Å². The third kappa shape index (κ3) is 2.67. The summed E-state index contributed by atoms with van der Waals surface area (Å²) in [5.41, 5.74) is -0.261. The lowest BCUT2D eigenvalue weighted by atomic mass is 10.3. The molecular weight excluding hydrogens is 278 g/mol. The Bertz CT molecular complexity index is 741. The van der Waals surface area contributed by atoms with E-state index in [1.165, 1.54) is 23.0 Å². The maximum absolute atomic E-state index is 12.1. The zero-order chi connectivity index (χ0) is 14.7. The van der Waals surface area contributed by atoms with Gasteiger partial charge < -0.3 is 5.32 Å². The third-order valence-electron chi connectivity index (χ3n) is 3.11. The van der Waals surface area contributed by atoms with Crippen molar-refractivity contribution in [2.75, 3.05) is 6.54 Å². The smallest absolute Gasteiger partial charge is 0.331 e. The molecule has 20 heavy (non-hydrogen) atoms. The van der Waals surface area contributed by atoms with Gasteiger partial charge in [0.25, 0.3) is 5.56 Å². The van der Waals surface area contributed by atoms with Gasteiger partial charge >= 0.3 is 5.69 Å². The number of carbonyl (C=O) groups excluding carboxylic acids is 1. The molecule has 0 bridgehead atoms. The number of hydrogen-bond donors (Lipinski definition) is 1. The molecule has 2 aromatic heterocycles. The fraction of sp³-hybridized carbons (Fsp3) is 0.462. The minimum Gasteiger partial charge on any atom is -0.355 e. The van der Waals surface area contributed by atoms with Crippen molar-refractivity contribution in [3.05, 3.63) is 32.3 Å². The summed E-state index contributed by atoms with van der Waals surface area (Å²) in [4.78, 5) is 35.9. The summed E-state index contributed by atoms with van der Waals surface area (Å²) in [7, 11) is 1.43. The van der Waals surface area contributed by atoms with E-state index >= 15 is 0 Å². The zero-order valence-electron chi connectivity index (χ0n) is 11.5. The van der Waals surface area contributed by atoms with Crippen molar-refractivity contribution >= 4 is 27.5 Å². The molecule has 0 saturated heterocycles. The van der Waals surface area contributed by atoms with E-state index in [1.807, 2.05) is 6.92 Å². The lowest BCUT2D eigenvalue weighted by Gasteiger charge is -2.09. The SMILES string of the molecule is CCCCNC(=O)Cn1c(=O)n(C)c(=O)c2sccc21. The molecule has 0 aliphatic heterocycles. The van der Waals surface area contributed by atoms with Crippen LogP contribution < -0.4 is 16.6 Å². The topological polar surface area (TPSA) is 73.1 Å². The molecule has 6 nitrogen and oxygen atoms in total. The highest BCUT2D eigenvalue weighted by molar-refractivity contribution is 7.17. The molecule has 0 aliphatic rings. The lowest BCUT2D eigenvalue weighted by molar-refractivity contribution is -0.121. The van der Waals surface area contributed by atoms with Crippen LogP contribution in [-0.2, 0) is 18.4 Å².